The molecule has 128 valence electrons. The van der Waals surface area contributed by atoms with Crippen LogP contribution < -0.4 is 5.32 Å². The average Bonchev–Trinajstić information content (AvgIpc) is 3.06. The van der Waals surface area contributed by atoms with Crippen LogP contribution >= 0.6 is 12.4 Å². The first-order valence-corrected chi connectivity index (χ1v) is 8.37. The monoisotopic (exact) mass is 347 g/mol. The molecule has 3 heterocycles. The molecule has 1 unspecified atom stereocenters. The SMILES string of the molecule is Cl.O=C(C1CCCCN1)N1CCc2oc(-c3ccccc3)nc2C1. The topological polar surface area (TPSA) is 58.4 Å². The van der Waals surface area contributed by atoms with E-state index in [0.717, 1.165) is 49.2 Å². The summed E-state index contributed by atoms with van der Waals surface area (Å²) in [7, 11) is 0. The van der Waals surface area contributed by atoms with Crippen molar-refractivity contribution >= 4 is 18.3 Å². The first-order chi connectivity index (χ1) is 11.3. The molecule has 0 bridgehead atoms. The molecule has 2 aliphatic rings. The van der Waals surface area contributed by atoms with Gasteiger partial charge in [0.05, 0.1) is 12.6 Å². The van der Waals surface area contributed by atoms with Gasteiger partial charge in [0, 0.05) is 18.5 Å². The van der Waals surface area contributed by atoms with Crippen molar-refractivity contribution in [3.8, 4) is 11.5 Å². The molecule has 0 saturated carbocycles. The van der Waals surface area contributed by atoms with Gasteiger partial charge in [-0.05, 0) is 31.5 Å². The van der Waals surface area contributed by atoms with Gasteiger partial charge in [0.15, 0.2) is 0 Å². The number of carbonyl (C=O) groups is 1. The molecule has 0 spiro atoms. The summed E-state index contributed by atoms with van der Waals surface area (Å²) in [6.07, 6.45) is 3.98. The van der Waals surface area contributed by atoms with Crippen LogP contribution in [0.25, 0.3) is 11.5 Å². The van der Waals surface area contributed by atoms with E-state index in [1.807, 2.05) is 35.2 Å². The zero-order valence-corrected chi connectivity index (χ0v) is 14.3. The lowest BCUT2D eigenvalue weighted by Gasteiger charge is -2.31. The van der Waals surface area contributed by atoms with Crippen LogP contribution in [0.4, 0.5) is 0 Å². The first-order valence-electron chi connectivity index (χ1n) is 8.37. The van der Waals surface area contributed by atoms with Crippen molar-refractivity contribution in [2.24, 2.45) is 0 Å². The molecule has 0 aliphatic carbocycles. The van der Waals surface area contributed by atoms with Crippen LogP contribution in [0.3, 0.4) is 0 Å². The maximum Gasteiger partial charge on any atom is 0.240 e. The summed E-state index contributed by atoms with van der Waals surface area (Å²) in [5.74, 6) is 1.78. The van der Waals surface area contributed by atoms with Gasteiger partial charge in [0.1, 0.15) is 11.5 Å². The standard InChI is InChI=1S/C18H21N3O2.ClH/c22-18(14-8-4-5-10-19-14)21-11-9-16-15(12-21)20-17(23-16)13-6-2-1-3-7-13;/h1-3,6-7,14,19H,4-5,8-12H2;1H. The van der Waals surface area contributed by atoms with Crippen LogP contribution in [-0.4, -0.2) is 34.9 Å². The molecular formula is C18H22ClN3O2. The summed E-state index contributed by atoms with van der Waals surface area (Å²) in [6.45, 7) is 2.22. The molecule has 1 aromatic heterocycles. The van der Waals surface area contributed by atoms with Crippen molar-refractivity contribution < 1.29 is 9.21 Å². The molecular weight excluding hydrogens is 326 g/mol. The van der Waals surface area contributed by atoms with Gasteiger partial charge >= 0.3 is 0 Å². The summed E-state index contributed by atoms with van der Waals surface area (Å²) in [5, 5.41) is 3.34. The number of hydrogen-bond acceptors (Lipinski definition) is 4. The lowest BCUT2D eigenvalue weighted by Crippen LogP contribution is -2.49. The van der Waals surface area contributed by atoms with Crippen LogP contribution in [0.2, 0.25) is 0 Å². The second kappa shape index (κ2) is 7.36. The summed E-state index contributed by atoms with van der Waals surface area (Å²) >= 11 is 0. The third-order valence-corrected chi connectivity index (χ3v) is 4.67. The first kappa shape index (κ1) is 17.0. The third-order valence-electron chi connectivity index (χ3n) is 4.67. The van der Waals surface area contributed by atoms with Crippen molar-refractivity contribution in [1.29, 1.82) is 0 Å². The molecule has 5 nitrogen and oxygen atoms in total. The van der Waals surface area contributed by atoms with Gasteiger partial charge < -0.3 is 14.6 Å². The van der Waals surface area contributed by atoms with E-state index in [9.17, 15) is 4.79 Å². The van der Waals surface area contributed by atoms with E-state index in [1.165, 1.54) is 0 Å². The van der Waals surface area contributed by atoms with Crippen molar-refractivity contribution in [1.82, 2.24) is 15.2 Å². The van der Waals surface area contributed by atoms with E-state index in [4.69, 9.17) is 4.42 Å². The summed E-state index contributed by atoms with van der Waals surface area (Å²) < 4.78 is 5.90. The Morgan fingerprint density at radius 2 is 2.08 bits per heavy atom. The minimum Gasteiger partial charge on any atom is -0.441 e. The average molecular weight is 348 g/mol. The minimum absolute atomic E-state index is 0. The van der Waals surface area contributed by atoms with Crippen LogP contribution in [0.15, 0.2) is 34.7 Å². The number of aromatic nitrogens is 1. The predicted molar refractivity (Wildman–Crippen MR) is 93.9 cm³/mol. The molecule has 1 amide bonds. The number of oxazole rings is 1. The summed E-state index contributed by atoms with van der Waals surface area (Å²) in [6, 6.07) is 9.89. The normalized spacial score (nSPS) is 20.2. The van der Waals surface area contributed by atoms with E-state index in [0.29, 0.717) is 19.0 Å². The largest absolute Gasteiger partial charge is 0.441 e. The number of piperidine rings is 1. The zero-order valence-electron chi connectivity index (χ0n) is 13.5. The van der Waals surface area contributed by atoms with E-state index >= 15 is 0 Å². The predicted octanol–water partition coefficient (Wildman–Crippen LogP) is 2.79. The molecule has 1 saturated heterocycles. The Labute approximate surface area is 147 Å². The number of carbonyl (C=O) groups excluding carboxylic acids is 1. The highest BCUT2D eigenvalue weighted by Gasteiger charge is 2.30. The molecule has 0 radical (unpaired) electrons. The summed E-state index contributed by atoms with van der Waals surface area (Å²) in [5.41, 5.74) is 1.88. The molecule has 6 heteroatoms. The molecule has 2 aromatic rings. The molecule has 4 rings (SSSR count). The number of nitrogens with zero attached hydrogens (tertiary/aromatic N) is 2. The molecule has 1 atom stereocenters. The molecule has 1 fully saturated rings. The van der Waals surface area contributed by atoms with Crippen molar-refractivity contribution in [2.45, 2.75) is 38.3 Å². The minimum atomic E-state index is -0.0224. The fourth-order valence-electron chi connectivity index (χ4n) is 3.37. The van der Waals surface area contributed by atoms with E-state index in [2.05, 4.69) is 10.3 Å². The van der Waals surface area contributed by atoms with Gasteiger partial charge in [0.2, 0.25) is 11.8 Å². The lowest BCUT2D eigenvalue weighted by atomic mass is 10.0. The Balaban J connectivity index is 0.00000169. The van der Waals surface area contributed by atoms with Gasteiger partial charge in [-0.15, -0.1) is 12.4 Å². The van der Waals surface area contributed by atoms with E-state index in [-0.39, 0.29) is 24.4 Å². The fraction of sp³-hybridized carbons (Fsp3) is 0.444. The van der Waals surface area contributed by atoms with E-state index in [1.54, 1.807) is 0 Å². The number of nitrogens with one attached hydrogen (secondary N) is 1. The van der Waals surface area contributed by atoms with Gasteiger partial charge in [-0.3, -0.25) is 4.79 Å². The Kier molecular flexibility index (Phi) is 5.21. The number of halogens is 1. The Morgan fingerprint density at radius 3 is 2.83 bits per heavy atom. The molecule has 2 aliphatic heterocycles. The van der Waals surface area contributed by atoms with Crippen molar-refractivity contribution in [3.63, 3.8) is 0 Å². The van der Waals surface area contributed by atoms with Crippen LogP contribution in [0.1, 0.15) is 30.7 Å². The smallest absolute Gasteiger partial charge is 0.240 e. The molecule has 1 N–H and O–H groups in total. The van der Waals surface area contributed by atoms with E-state index < -0.39 is 0 Å². The van der Waals surface area contributed by atoms with Gasteiger partial charge in [0.25, 0.3) is 0 Å². The zero-order chi connectivity index (χ0) is 15.6. The Bertz CT molecular complexity index is 696. The third kappa shape index (κ3) is 3.32. The van der Waals surface area contributed by atoms with Crippen LogP contribution in [0, 0.1) is 0 Å². The highest BCUT2D eigenvalue weighted by molar-refractivity contribution is 5.85. The molecule has 24 heavy (non-hydrogen) atoms. The highest BCUT2D eigenvalue weighted by atomic mass is 35.5. The molecule has 1 aromatic carbocycles. The van der Waals surface area contributed by atoms with Crippen molar-refractivity contribution in [3.05, 3.63) is 41.8 Å². The number of amides is 1. The number of hydrogen-bond donors (Lipinski definition) is 1. The Hall–Kier alpha value is -1.85. The number of benzene rings is 1. The number of rotatable bonds is 2. The summed E-state index contributed by atoms with van der Waals surface area (Å²) in [4.78, 5) is 19.2. The second-order valence-electron chi connectivity index (χ2n) is 6.27. The van der Waals surface area contributed by atoms with Crippen LogP contribution in [0.5, 0.6) is 0 Å². The lowest BCUT2D eigenvalue weighted by molar-refractivity contribution is -0.135. The quantitative estimate of drug-likeness (QED) is 0.907. The maximum atomic E-state index is 12.6. The van der Waals surface area contributed by atoms with Crippen molar-refractivity contribution in [2.75, 3.05) is 13.1 Å². The fourth-order valence-corrected chi connectivity index (χ4v) is 3.37. The second-order valence-corrected chi connectivity index (χ2v) is 6.27. The van der Waals surface area contributed by atoms with Crippen LogP contribution in [-0.2, 0) is 17.8 Å². The van der Waals surface area contributed by atoms with Gasteiger partial charge in [-0.25, -0.2) is 4.98 Å². The van der Waals surface area contributed by atoms with Gasteiger partial charge in [-0.2, -0.15) is 0 Å². The maximum absolute atomic E-state index is 12.6. The Morgan fingerprint density at radius 1 is 1.25 bits per heavy atom. The van der Waals surface area contributed by atoms with Gasteiger partial charge in [-0.1, -0.05) is 24.6 Å². The number of fused-ring (bicyclic) bond motifs is 1. The highest BCUT2D eigenvalue weighted by Crippen LogP contribution is 2.26.